The van der Waals surface area contributed by atoms with Gasteiger partial charge in [0, 0.05) is 62.9 Å². The maximum Gasteiger partial charge on any atom is 0.191 e. The summed E-state index contributed by atoms with van der Waals surface area (Å²) in [5, 5.41) is 8.23. The summed E-state index contributed by atoms with van der Waals surface area (Å²) in [5.41, 5.74) is 3.84. The summed E-state index contributed by atoms with van der Waals surface area (Å²) in [6, 6.07) is 7.10. The van der Waals surface area contributed by atoms with Crippen molar-refractivity contribution in [2.75, 3.05) is 53.9 Å². The first-order chi connectivity index (χ1) is 12.6. The molecular formula is C20H32N6. The number of fused-ring (bicyclic) bond motifs is 1. The molecule has 0 spiro atoms. The Balaban J connectivity index is 1.48. The van der Waals surface area contributed by atoms with Crippen LogP contribution in [0.4, 0.5) is 0 Å². The molecule has 1 aromatic carbocycles. The van der Waals surface area contributed by atoms with Crippen molar-refractivity contribution in [3.05, 3.63) is 35.5 Å². The van der Waals surface area contributed by atoms with Crippen LogP contribution in [0, 0.1) is 6.92 Å². The highest BCUT2D eigenvalue weighted by Crippen LogP contribution is 2.19. The SMILES string of the molecule is CN=C(NCCc1c[nH]c2cc(C)ccc12)NCC1CN(C)CCN1C. The lowest BCUT2D eigenvalue weighted by Gasteiger charge is -2.37. The molecule has 6 heteroatoms. The van der Waals surface area contributed by atoms with Gasteiger partial charge in [-0.15, -0.1) is 0 Å². The monoisotopic (exact) mass is 356 g/mol. The van der Waals surface area contributed by atoms with Gasteiger partial charge in [0.15, 0.2) is 5.96 Å². The smallest absolute Gasteiger partial charge is 0.191 e. The normalized spacial score (nSPS) is 19.8. The van der Waals surface area contributed by atoms with E-state index in [0.717, 1.165) is 45.1 Å². The van der Waals surface area contributed by atoms with E-state index >= 15 is 0 Å². The van der Waals surface area contributed by atoms with Gasteiger partial charge in [0.25, 0.3) is 0 Å². The van der Waals surface area contributed by atoms with Crippen LogP contribution in [-0.2, 0) is 6.42 Å². The number of hydrogen-bond donors (Lipinski definition) is 3. The number of guanidine groups is 1. The zero-order valence-electron chi connectivity index (χ0n) is 16.5. The second-order valence-corrected chi connectivity index (χ2v) is 7.39. The molecule has 3 rings (SSSR count). The summed E-state index contributed by atoms with van der Waals surface area (Å²) >= 11 is 0. The maximum atomic E-state index is 4.36. The second kappa shape index (κ2) is 8.56. The van der Waals surface area contributed by atoms with Crippen LogP contribution in [0.2, 0.25) is 0 Å². The third kappa shape index (κ3) is 4.56. The molecule has 6 nitrogen and oxygen atoms in total. The number of nitrogens with zero attached hydrogens (tertiary/aromatic N) is 3. The average Bonchev–Trinajstić information content (AvgIpc) is 3.02. The second-order valence-electron chi connectivity index (χ2n) is 7.39. The molecule has 0 radical (unpaired) electrons. The molecule has 1 aliphatic rings. The van der Waals surface area contributed by atoms with Gasteiger partial charge in [-0.3, -0.25) is 9.89 Å². The minimum Gasteiger partial charge on any atom is -0.361 e. The molecule has 0 bridgehead atoms. The number of nitrogens with one attached hydrogen (secondary N) is 3. The molecule has 26 heavy (non-hydrogen) atoms. The summed E-state index contributed by atoms with van der Waals surface area (Å²) in [6.07, 6.45) is 3.09. The average molecular weight is 357 g/mol. The van der Waals surface area contributed by atoms with Crippen molar-refractivity contribution in [2.24, 2.45) is 4.99 Å². The standard InChI is InChI=1S/C20H32N6/c1-15-5-6-18-16(12-23-19(18)11-15)7-8-22-20(21-2)24-13-17-14-25(3)9-10-26(17)4/h5-6,11-12,17,23H,7-10,13-14H2,1-4H3,(H2,21,22,24). The zero-order valence-corrected chi connectivity index (χ0v) is 16.5. The molecule has 1 saturated heterocycles. The van der Waals surface area contributed by atoms with Crippen LogP contribution in [0.5, 0.6) is 0 Å². The Kier molecular flexibility index (Phi) is 6.16. The van der Waals surface area contributed by atoms with Crippen LogP contribution in [0.1, 0.15) is 11.1 Å². The van der Waals surface area contributed by atoms with Gasteiger partial charge in [0.05, 0.1) is 0 Å². The Morgan fingerprint density at radius 3 is 2.92 bits per heavy atom. The highest BCUT2D eigenvalue weighted by atomic mass is 15.3. The van der Waals surface area contributed by atoms with Gasteiger partial charge in [-0.05, 0) is 44.6 Å². The molecule has 0 amide bonds. The van der Waals surface area contributed by atoms with Crippen molar-refractivity contribution in [1.29, 1.82) is 0 Å². The van der Waals surface area contributed by atoms with Gasteiger partial charge in [-0.2, -0.15) is 0 Å². The fourth-order valence-corrected chi connectivity index (χ4v) is 3.58. The number of aromatic nitrogens is 1. The molecule has 1 fully saturated rings. The Labute approximate surface area is 156 Å². The van der Waals surface area contributed by atoms with Crippen molar-refractivity contribution >= 4 is 16.9 Å². The minimum absolute atomic E-state index is 0.518. The first kappa shape index (κ1) is 18.7. The number of aliphatic imine (C=N–C) groups is 1. The van der Waals surface area contributed by atoms with E-state index in [-0.39, 0.29) is 0 Å². The lowest BCUT2D eigenvalue weighted by Crippen LogP contribution is -2.55. The van der Waals surface area contributed by atoms with Crippen molar-refractivity contribution in [3.8, 4) is 0 Å². The third-order valence-corrected chi connectivity index (χ3v) is 5.32. The fourth-order valence-electron chi connectivity index (χ4n) is 3.58. The first-order valence-electron chi connectivity index (χ1n) is 9.46. The lowest BCUT2D eigenvalue weighted by atomic mass is 10.1. The number of likely N-dealkylation sites (N-methyl/N-ethyl adjacent to an activating group) is 2. The highest BCUT2D eigenvalue weighted by molar-refractivity contribution is 5.84. The molecule has 2 heterocycles. The van der Waals surface area contributed by atoms with Gasteiger partial charge < -0.3 is 20.5 Å². The number of hydrogen-bond acceptors (Lipinski definition) is 3. The predicted molar refractivity (Wildman–Crippen MR) is 110 cm³/mol. The lowest BCUT2D eigenvalue weighted by molar-refractivity contribution is 0.116. The number of H-pyrrole nitrogens is 1. The van der Waals surface area contributed by atoms with Crippen molar-refractivity contribution in [3.63, 3.8) is 0 Å². The molecule has 1 atom stereocenters. The molecule has 1 aromatic heterocycles. The van der Waals surface area contributed by atoms with Crippen LogP contribution in [0.15, 0.2) is 29.4 Å². The largest absolute Gasteiger partial charge is 0.361 e. The number of rotatable bonds is 5. The van der Waals surface area contributed by atoms with Crippen LogP contribution < -0.4 is 10.6 Å². The van der Waals surface area contributed by atoms with E-state index in [9.17, 15) is 0 Å². The molecule has 142 valence electrons. The van der Waals surface area contributed by atoms with Crippen LogP contribution in [0.3, 0.4) is 0 Å². The van der Waals surface area contributed by atoms with Crippen LogP contribution in [-0.4, -0.2) is 80.7 Å². The molecule has 1 unspecified atom stereocenters. The summed E-state index contributed by atoms with van der Waals surface area (Å²) in [4.78, 5) is 12.6. The number of piperazine rings is 1. The van der Waals surface area contributed by atoms with E-state index in [1.807, 2.05) is 7.05 Å². The van der Waals surface area contributed by atoms with Gasteiger partial charge >= 0.3 is 0 Å². The van der Waals surface area contributed by atoms with Crippen LogP contribution in [0.25, 0.3) is 10.9 Å². The number of benzene rings is 1. The van der Waals surface area contributed by atoms with Crippen LogP contribution >= 0.6 is 0 Å². The van der Waals surface area contributed by atoms with Crippen molar-refractivity contribution in [2.45, 2.75) is 19.4 Å². The molecule has 2 aromatic rings. The van der Waals surface area contributed by atoms with Gasteiger partial charge in [-0.1, -0.05) is 12.1 Å². The summed E-state index contributed by atoms with van der Waals surface area (Å²) in [7, 11) is 6.23. The first-order valence-corrected chi connectivity index (χ1v) is 9.46. The predicted octanol–water partition coefficient (Wildman–Crippen LogP) is 1.43. The Morgan fingerprint density at radius 2 is 2.12 bits per heavy atom. The van der Waals surface area contributed by atoms with Gasteiger partial charge in [-0.25, -0.2) is 0 Å². The molecule has 0 aliphatic carbocycles. The molecule has 0 saturated carbocycles. The van der Waals surface area contributed by atoms with E-state index in [2.05, 4.69) is 75.8 Å². The fraction of sp³-hybridized carbons (Fsp3) is 0.550. The summed E-state index contributed by atoms with van der Waals surface area (Å²) in [5.74, 6) is 0.877. The maximum absolute atomic E-state index is 4.36. The molecule has 3 N–H and O–H groups in total. The topological polar surface area (TPSA) is 58.7 Å². The third-order valence-electron chi connectivity index (χ3n) is 5.32. The Hall–Kier alpha value is -2.05. The summed E-state index contributed by atoms with van der Waals surface area (Å²) < 4.78 is 0. The van der Waals surface area contributed by atoms with Crippen molar-refractivity contribution in [1.82, 2.24) is 25.4 Å². The number of aryl methyl sites for hydroxylation is 1. The molecular weight excluding hydrogens is 324 g/mol. The van der Waals surface area contributed by atoms with Crippen molar-refractivity contribution < 1.29 is 0 Å². The van der Waals surface area contributed by atoms with Gasteiger partial charge in [0.2, 0.25) is 0 Å². The minimum atomic E-state index is 0.518. The number of aromatic amines is 1. The summed E-state index contributed by atoms with van der Waals surface area (Å²) in [6.45, 7) is 7.25. The molecule has 1 aliphatic heterocycles. The zero-order chi connectivity index (χ0) is 18.5. The van der Waals surface area contributed by atoms with E-state index in [0.29, 0.717) is 6.04 Å². The van der Waals surface area contributed by atoms with E-state index in [4.69, 9.17) is 0 Å². The van der Waals surface area contributed by atoms with Gasteiger partial charge in [0.1, 0.15) is 0 Å². The quantitative estimate of drug-likeness (QED) is 0.560. The van der Waals surface area contributed by atoms with E-state index < -0.39 is 0 Å². The highest BCUT2D eigenvalue weighted by Gasteiger charge is 2.21. The Bertz CT molecular complexity index is 750. The van der Waals surface area contributed by atoms with E-state index in [1.54, 1.807) is 0 Å². The Morgan fingerprint density at radius 1 is 1.27 bits per heavy atom. The van der Waals surface area contributed by atoms with E-state index in [1.165, 1.54) is 22.0 Å².